The Bertz CT molecular complexity index is 889. The van der Waals surface area contributed by atoms with Gasteiger partial charge in [0.15, 0.2) is 0 Å². The molecule has 0 aromatic carbocycles. The van der Waals surface area contributed by atoms with Gasteiger partial charge in [0, 0.05) is 50.0 Å². The van der Waals surface area contributed by atoms with E-state index in [0.717, 1.165) is 36.2 Å². The lowest BCUT2D eigenvalue weighted by atomic mass is 10.2. The van der Waals surface area contributed by atoms with Gasteiger partial charge in [-0.15, -0.1) is 0 Å². The van der Waals surface area contributed by atoms with Crippen LogP contribution in [0.2, 0.25) is 0 Å². The third-order valence-electron chi connectivity index (χ3n) is 4.91. The highest BCUT2D eigenvalue weighted by Crippen LogP contribution is 2.25. The van der Waals surface area contributed by atoms with Crippen molar-refractivity contribution in [3.05, 3.63) is 40.7 Å². The molecule has 1 aliphatic rings. The number of aryl methyl sites for hydroxylation is 1. The highest BCUT2D eigenvalue weighted by atomic mass is 19.1. The highest BCUT2D eigenvalue weighted by molar-refractivity contribution is 5.90. The number of aromatic nitrogens is 3. The Kier molecular flexibility index (Phi) is 5.73. The average molecular weight is 388 g/mol. The maximum Gasteiger partial charge on any atom is 0.291 e. The quantitative estimate of drug-likeness (QED) is 0.802. The van der Waals surface area contributed by atoms with Gasteiger partial charge >= 0.3 is 0 Å². The van der Waals surface area contributed by atoms with Gasteiger partial charge in [0.25, 0.3) is 5.91 Å². The lowest BCUT2D eigenvalue weighted by Crippen LogP contribution is -2.30. The molecular weight excluding hydrogens is 363 g/mol. The standard InChI is InChI=1S/C19H25FN6O2/c1-11-12(2)22-17(19(28)25(3)4)24-18(11)26-6-5-14(9-26)23-16-7-13(10-27)15(20)8-21-16/h7-8,14,27H,5-6,9-10H2,1-4H3,(H,21,23)/t14-/m1/s1. The lowest BCUT2D eigenvalue weighted by molar-refractivity contribution is 0.0815. The smallest absolute Gasteiger partial charge is 0.291 e. The summed E-state index contributed by atoms with van der Waals surface area (Å²) in [4.78, 5) is 28.7. The fourth-order valence-electron chi connectivity index (χ4n) is 3.18. The molecule has 9 heteroatoms. The molecule has 150 valence electrons. The Labute approximate surface area is 163 Å². The number of carbonyl (C=O) groups excluding carboxylic acids is 1. The molecule has 0 radical (unpaired) electrons. The maximum absolute atomic E-state index is 13.5. The molecule has 0 saturated carbocycles. The Hall–Kier alpha value is -2.81. The van der Waals surface area contributed by atoms with Crippen molar-refractivity contribution in [2.75, 3.05) is 37.4 Å². The third-order valence-corrected chi connectivity index (χ3v) is 4.91. The molecule has 1 aliphatic heterocycles. The van der Waals surface area contributed by atoms with E-state index >= 15 is 0 Å². The fourth-order valence-corrected chi connectivity index (χ4v) is 3.18. The summed E-state index contributed by atoms with van der Waals surface area (Å²) < 4.78 is 13.5. The Morgan fingerprint density at radius 3 is 2.82 bits per heavy atom. The predicted molar refractivity (Wildman–Crippen MR) is 104 cm³/mol. The molecule has 3 heterocycles. The van der Waals surface area contributed by atoms with Crippen molar-refractivity contribution < 1.29 is 14.3 Å². The molecule has 1 amide bonds. The van der Waals surface area contributed by atoms with E-state index in [2.05, 4.69) is 25.2 Å². The second kappa shape index (κ2) is 8.05. The van der Waals surface area contributed by atoms with Crippen molar-refractivity contribution in [3.8, 4) is 0 Å². The zero-order chi connectivity index (χ0) is 20.4. The van der Waals surface area contributed by atoms with Crippen molar-refractivity contribution in [3.63, 3.8) is 0 Å². The first-order valence-corrected chi connectivity index (χ1v) is 9.13. The minimum absolute atomic E-state index is 0.0900. The highest BCUT2D eigenvalue weighted by Gasteiger charge is 2.27. The van der Waals surface area contributed by atoms with Crippen molar-refractivity contribution in [1.29, 1.82) is 0 Å². The van der Waals surface area contributed by atoms with Gasteiger partial charge in [-0.05, 0) is 26.3 Å². The van der Waals surface area contributed by atoms with Crippen molar-refractivity contribution in [2.24, 2.45) is 0 Å². The van der Waals surface area contributed by atoms with Crippen LogP contribution in [0.15, 0.2) is 12.3 Å². The van der Waals surface area contributed by atoms with E-state index in [-0.39, 0.29) is 29.9 Å². The van der Waals surface area contributed by atoms with Crippen LogP contribution in [0.5, 0.6) is 0 Å². The molecule has 0 unspecified atom stereocenters. The van der Waals surface area contributed by atoms with Crippen molar-refractivity contribution in [2.45, 2.75) is 32.9 Å². The predicted octanol–water partition coefficient (Wildman–Crippen LogP) is 1.51. The SMILES string of the molecule is Cc1nc(C(=O)N(C)C)nc(N2CC[C@@H](Nc3cc(CO)c(F)cn3)C2)c1C. The molecular formula is C19H25FN6O2. The molecule has 2 aromatic heterocycles. The molecule has 1 atom stereocenters. The number of anilines is 2. The number of hydrogen-bond acceptors (Lipinski definition) is 7. The molecule has 8 nitrogen and oxygen atoms in total. The van der Waals surface area contributed by atoms with Crippen LogP contribution < -0.4 is 10.2 Å². The summed E-state index contributed by atoms with van der Waals surface area (Å²) in [6, 6.07) is 1.61. The molecule has 0 spiro atoms. The zero-order valence-electron chi connectivity index (χ0n) is 16.5. The van der Waals surface area contributed by atoms with Crippen LogP contribution in [0, 0.1) is 19.7 Å². The largest absolute Gasteiger partial charge is 0.392 e. The Morgan fingerprint density at radius 2 is 2.14 bits per heavy atom. The van der Waals surface area contributed by atoms with Crippen LogP contribution in [0.4, 0.5) is 16.0 Å². The Balaban J connectivity index is 1.77. The van der Waals surface area contributed by atoms with Gasteiger partial charge in [0.1, 0.15) is 17.5 Å². The second-order valence-electron chi connectivity index (χ2n) is 7.18. The van der Waals surface area contributed by atoms with Gasteiger partial charge in [-0.1, -0.05) is 0 Å². The zero-order valence-corrected chi connectivity index (χ0v) is 16.5. The van der Waals surface area contributed by atoms with Gasteiger partial charge in [-0.25, -0.2) is 19.3 Å². The van der Waals surface area contributed by atoms with E-state index in [1.54, 1.807) is 14.1 Å². The number of aliphatic hydroxyl groups is 1. The summed E-state index contributed by atoms with van der Waals surface area (Å²) >= 11 is 0. The third kappa shape index (κ3) is 4.04. The number of aliphatic hydroxyl groups excluding tert-OH is 1. The Morgan fingerprint density at radius 1 is 1.39 bits per heavy atom. The number of carbonyl (C=O) groups is 1. The van der Waals surface area contributed by atoms with Crippen LogP contribution in [0.3, 0.4) is 0 Å². The van der Waals surface area contributed by atoms with Crippen LogP contribution in [0.1, 0.15) is 33.9 Å². The van der Waals surface area contributed by atoms with Gasteiger partial charge in [-0.3, -0.25) is 4.79 Å². The molecule has 1 fully saturated rings. The van der Waals surface area contributed by atoms with Gasteiger partial charge in [-0.2, -0.15) is 0 Å². The number of nitrogens with one attached hydrogen (secondary N) is 1. The molecule has 2 aromatic rings. The molecule has 28 heavy (non-hydrogen) atoms. The van der Waals surface area contributed by atoms with E-state index in [1.807, 2.05) is 13.8 Å². The number of hydrogen-bond donors (Lipinski definition) is 2. The van der Waals surface area contributed by atoms with Gasteiger partial charge in [0.05, 0.1) is 12.8 Å². The molecule has 0 aliphatic carbocycles. The minimum Gasteiger partial charge on any atom is -0.392 e. The number of nitrogens with zero attached hydrogens (tertiary/aromatic N) is 5. The topological polar surface area (TPSA) is 94.5 Å². The number of amides is 1. The van der Waals surface area contributed by atoms with E-state index in [4.69, 9.17) is 0 Å². The number of pyridine rings is 1. The second-order valence-corrected chi connectivity index (χ2v) is 7.18. The van der Waals surface area contributed by atoms with E-state index in [9.17, 15) is 14.3 Å². The lowest BCUT2D eigenvalue weighted by Gasteiger charge is -2.22. The first kappa shape index (κ1) is 19.9. The fraction of sp³-hybridized carbons (Fsp3) is 0.474. The van der Waals surface area contributed by atoms with Crippen LogP contribution in [-0.4, -0.2) is 64.1 Å². The van der Waals surface area contributed by atoms with Gasteiger partial charge in [0.2, 0.25) is 5.82 Å². The maximum atomic E-state index is 13.5. The van der Waals surface area contributed by atoms with E-state index in [0.29, 0.717) is 12.4 Å². The summed E-state index contributed by atoms with van der Waals surface area (Å²) in [7, 11) is 3.35. The van der Waals surface area contributed by atoms with Crippen LogP contribution in [0.25, 0.3) is 0 Å². The monoisotopic (exact) mass is 388 g/mol. The normalized spacial score (nSPS) is 16.4. The summed E-state index contributed by atoms with van der Waals surface area (Å²) in [5.74, 6) is 0.713. The van der Waals surface area contributed by atoms with E-state index in [1.165, 1.54) is 11.0 Å². The molecule has 3 rings (SSSR count). The summed E-state index contributed by atoms with van der Waals surface area (Å²) in [5, 5.41) is 12.5. The molecule has 1 saturated heterocycles. The van der Waals surface area contributed by atoms with Crippen LogP contribution >= 0.6 is 0 Å². The van der Waals surface area contributed by atoms with Gasteiger partial charge < -0.3 is 20.2 Å². The summed E-state index contributed by atoms with van der Waals surface area (Å²) in [6.07, 6.45) is 1.95. The number of halogens is 1. The van der Waals surface area contributed by atoms with Crippen LogP contribution in [-0.2, 0) is 6.61 Å². The first-order chi connectivity index (χ1) is 13.3. The minimum atomic E-state index is -0.522. The number of rotatable bonds is 5. The van der Waals surface area contributed by atoms with Crippen molar-refractivity contribution >= 4 is 17.5 Å². The average Bonchev–Trinajstić information content (AvgIpc) is 3.12. The molecule has 0 bridgehead atoms. The first-order valence-electron chi connectivity index (χ1n) is 9.13. The van der Waals surface area contributed by atoms with Crippen molar-refractivity contribution in [1.82, 2.24) is 19.9 Å². The van der Waals surface area contributed by atoms with E-state index < -0.39 is 5.82 Å². The summed E-state index contributed by atoms with van der Waals surface area (Å²) in [5.41, 5.74) is 1.93. The summed E-state index contributed by atoms with van der Waals surface area (Å²) in [6.45, 7) is 4.88. The molecule has 2 N–H and O–H groups in total.